The van der Waals surface area contributed by atoms with E-state index in [0.717, 1.165) is 28.1 Å². The largest absolute Gasteiger partial charge is 0.497 e. The summed E-state index contributed by atoms with van der Waals surface area (Å²) in [6.45, 7) is 2.00. The molecule has 0 N–H and O–H groups in total. The number of methoxy groups -OCH3 is 1. The molecule has 0 aromatic heterocycles. The van der Waals surface area contributed by atoms with Gasteiger partial charge in [-0.2, -0.15) is 0 Å². The normalized spacial score (nSPS) is 18.8. The smallest absolute Gasteiger partial charge is 0.317 e. The van der Waals surface area contributed by atoms with Crippen molar-refractivity contribution in [1.82, 2.24) is 0 Å². The van der Waals surface area contributed by atoms with Crippen LogP contribution in [0.1, 0.15) is 30.4 Å². The van der Waals surface area contributed by atoms with Gasteiger partial charge in [0.2, 0.25) is 0 Å². The van der Waals surface area contributed by atoms with Gasteiger partial charge in [-0.25, -0.2) is 0 Å². The van der Waals surface area contributed by atoms with E-state index >= 15 is 0 Å². The summed E-state index contributed by atoms with van der Waals surface area (Å²) >= 11 is 0. The Morgan fingerprint density at radius 3 is 2.28 bits per heavy atom. The maximum atomic E-state index is 13.0. The van der Waals surface area contributed by atoms with Gasteiger partial charge in [-0.1, -0.05) is 24.3 Å². The van der Waals surface area contributed by atoms with Crippen LogP contribution in [-0.2, 0) is 14.3 Å². The molecule has 2 aromatic carbocycles. The van der Waals surface area contributed by atoms with Gasteiger partial charge in [0.25, 0.3) is 0 Å². The van der Waals surface area contributed by atoms with E-state index in [2.05, 4.69) is 0 Å². The highest BCUT2D eigenvalue weighted by molar-refractivity contribution is 6.10. The lowest BCUT2D eigenvalue weighted by Crippen LogP contribution is -2.34. The third-order valence-corrected chi connectivity index (χ3v) is 5.30. The molecule has 3 rings (SSSR count). The Bertz CT molecular complexity index is 897. The first-order valence-corrected chi connectivity index (χ1v) is 9.77. The molecule has 0 fully saturated rings. The zero-order valence-corrected chi connectivity index (χ0v) is 17.3. The Labute approximate surface area is 171 Å². The van der Waals surface area contributed by atoms with Crippen LogP contribution in [-0.4, -0.2) is 39.6 Å². The number of esters is 1. The number of nitrogens with zero attached hydrogens (tertiary/aromatic N) is 1. The van der Waals surface area contributed by atoms with Crippen LogP contribution >= 0.6 is 0 Å². The van der Waals surface area contributed by atoms with Crippen molar-refractivity contribution in [2.75, 3.05) is 32.7 Å². The first kappa shape index (κ1) is 20.6. The van der Waals surface area contributed by atoms with E-state index in [4.69, 9.17) is 9.47 Å². The van der Waals surface area contributed by atoms with Crippen molar-refractivity contribution in [1.29, 1.82) is 0 Å². The van der Waals surface area contributed by atoms with E-state index in [1.807, 2.05) is 67.5 Å². The highest BCUT2D eigenvalue weighted by atomic mass is 16.5. The van der Waals surface area contributed by atoms with Crippen LogP contribution in [0, 0.1) is 5.92 Å². The fourth-order valence-electron chi connectivity index (χ4n) is 3.72. The van der Waals surface area contributed by atoms with Crippen LogP contribution in [0.2, 0.25) is 0 Å². The van der Waals surface area contributed by atoms with E-state index in [9.17, 15) is 9.59 Å². The standard InChI is InChI=1S/C24H27NO4/c1-5-29-24(27)23-21(17-8-12-20(28-4)13-9-17)14-18(15-22(23)26)16-6-10-19(11-7-16)25(2)3/h6-13,15,21,23H,5,14H2,1-4H3. The number of rotatable bonds is 6. The summed E-state index contributed by atoms with van der Waals surface area (Å²) in [5, 5.41) is 0. The van der Waals surface area contributed by atoms with Gasteiger partial charge >= 0.3 is 5.97 Å². The second kappa shape index (κ2) is 8.95. The van der Waals surface area contributed by atoms with Crippen molar-refractivity contribution >= 4 is 23.0 Å². The molecule has 1 aliphatic carbocycles. The number of carbonyl (C=O) groups is 2. The number of carbonyl (C=O) groups excluding carboxylic acids is 2. The maximum Gasteiger partial charge on any atom is 0.317 e. The molecule has 1 aliphatic rings. The van der Waals surface area contributed by atoms with Gasteiger partial charge in [-0.15, -0.1) is 0 Å². The van der Waals surface area contributed by atoms with Gasteiger partial charge in [0.1, 0.15) is 11.7 Å². The predicted molar refractivity (Wildman–Crippen MR) is 114 cm³/mol. The molecule has 0 amide bonds. The van der Waals surface area contributed by atoms with Gasteiger partial charge in [0.05, 0.1) is 13.7 Å². The molecule has 0 radical (unpaired) electrons. The lowest BCUT2D eigenvalue weighted by atomic mass is 9.73. The van der Waals surface area contributed by atoms with E-state index in [1.165, 1.54) is 0 Å². The number of ether oxygens (including phenoxy) is 2. The van der Waals surface area contributed by atoms with Crippen molar-refractivity contribution in [2.45, 2.75) is 19.3 Å². The maximum absolute atomic E-state index is 13.0. The van der Waals surface area contributed by atoms with Crippen LogP contribution in [0.25, 0.3) is 5.57 Å². The Morgan fingerprint density at radius 1 is 1.07 bits per heavy atom. The number of hydrogen-bond donors (Lipinski definition) is 0. The topological polar surface area (TPSA) is 55.8 Å². The molecule has 0 bridgehead atoms. The third-order valence-electron chi connectivity index (χ3n) is 5.30. The summed E-state index contributed by atoms with van der Waals surface area (Å²) in [7, 11) is 5.59. The fourth-order valence-corrected chi connectivity index (χ4v) is 3.72. The molecule has 0 aliphatic heterocycles. The Morgan fingerprint density at radius 2 is 1.72 bits per heavy atom. The monoisotopic (exact) mass is 393 g/mol. The molecule has 2 aromatic rings. The SMILES string of the molecule is CCOC(=O)C1C(=O)C=C(c2ccc(N(C)C)cc2)CC1c1ccc(OC)cc1. The first-order chi connectivity index (χ1) is 13.9. The van der Waals surface area contributed by atoms with Gasteiger partial charge in [0.15, 0.2) is 5.78 Å². The second-order valence-corrected chi connectivity index (χ2v) is 7.33. The number of anilines is 1. The van der Waals surface area contributed by atoms with Crippen molar-refractivity contribution in [3.63, 3.8) is 0 Å². The van der Waals surface area contributed by atoms with Crippen molar-refractivity contribution in [2.24, 2.45) is 5.92 Å². The fraction of sp³-hybridized carbons (Fsp3) is 0.333. The number of allylic oxidation sites excluding steroid dienone is 2. The molecule has 0 saturated carbocycles. The second-order valence-electron chi connectivity index (χ2n) is 7.33. The quantitative estimate of drug-likeness (QED) is 0.547. The van der Waals surface area contributed by atoms with E-state index in [0.29, 0.717) is 6.42 Å². The van der Waals surface area contributed by atoms with E-state index in [-0.39, 0.29) is 18.3 Å². The number of hydrogen-bond acceptors (Lipinski definition) is 5. The minimum atomic E-state index is -0.826. The number of ketones is 1. The minimum Gasteiger partial charge on any atom is -0.497 e. The first-order valence-electron chi connectivity index (χ1n) is 9.77. The molecule has 2 unspecified atom stereocenters. The minimum absolute atomic E-state index is 0.206. The van der Waals surface area contributed by atoms with Crippen LogP contribution in [0.5, 0.6) is 5.75 Å². The molecule has 0 saturated heterocycles. The van der Waals surface area contributed by atoms with Crippen molar-refractivity contribution in [3.8, 4) is 5.75 Å². The summed E-state index contributed by atoms with van der Waals surface area (Å²) in [5.74, 6) is -1.04. The van der Waals surface area contributed by atoms with Gasteiger partial charge in [-0.05, 0) is 60.4 Å². The lowest BCUT2D eigenvalue weighted by Gasteiger charge is -2.29. The van der Waals surface area contributed by atoms with Crippen LogP contribution in [0.3, 0.4) is 0 Å². The zero-order chi connectivity index (χ0) is 21.0. The highest BCUT2D eigenvalue weighted by Gasteiger charge is 2.39. The Hall–Kier alpha value is -3.08. The van der Waals surface area contributed by atoms with Crippen LogP contribution in [0.4, 0.5) is 5.69 Å². The average Bonchev–Trinajstić information content (AvgIpc) is 2.73. The van der Waals surface area contributed by atoms with E-state index < -0.39 is 11.9 Å². The Balaban J connectivity index is 1.97. The molecule has 5 heteroatoms. The summed E-state index contributed by atoms with van der Waals surface area (Å²) in [4.78, 5) is 27.6. The number of benzene rings is 2. The summed E-state index contributed by atoms with van der Waals surface area (Å²) in [5.41, 5.74) is 3.94. The summed E-state index contributed by atoms with van der Waals surface area (Å²) in [6.07, 6.45) is 2.19. The molecule has 0 spiro atoms. The zero-order valence-electron chi connectivity index (χ0n) is 17.3. The highest BCUT2D eigenvalue weighted by Crippen LogP contribution is 2.41. The molecular weight excluding hydrogens is 366 g/mol. The van der Waals surface area contributed by atoms with Crippen LogP contribution < -0.4 is 9.64 Å². The summed E-state index contributed by atoms with van der Waals surface area (Å²) < 4.78 is 10.4. The molecule has 2 atom stereocenters. The van der Waals surface area contributed by atoms with Gasteiger partial charge < -0.3 is 14.4 Å². The van der Waals surface area contributed by atoms with Crippen LogP contribution in [0.15, 0.2) is 54.6 Å². The Kier molecular flexibility index (Phi) is 6.37. The summed E-state index contributed by atoms with van der Waals surface area (Å²) in [6, 6.07) is 15.6. The van der Waals surface area contributed by atoms with Crippen molar-refractivity contribution in [3.05, 3.63) is 65.7 Å². The van der Waals surface area contributed by atoms with Gasteiger partial charge in [-0.3, -0.25) is 9.59 Å². The third kappa shape index (κ3) is 4.50. The molecule has 0 heterocycles. The molecule has 5 nitrogen and oxygen atoms in total. The average molecular weight is 393 g/mol. The molecule has 152 valence electrons. The molecule has 29 heavy (non-hydrogen) atoms. The van der Waals surface area contributed by atoms with E-state index in [1.54, 1.807) is 20.1 Å². The molecular formula is C24H27NO4. The predicted octanol–water partition coefficient (Wildman–Crippen LogP) is 4.08. The van der Waals surface area contributed by atoms with Crippen molar-refractivity contribution < 1.29 is 19.1 Å². The van der Waals surface area contributed by atoms with Gasteiger partial charge in [0, 0.05) is 25.7 Å². The lowest BCUT2D eigenvalue weighted by molar-refractivity contribution is -0.151.